The van der Waals surface area contributed by atoms with Crippen LogP contribution >= 0.6 is 0 Å². The van der Waals surface area contributed by atoms with Crippen molar-refractivity contribution in [2.75, 3.05) is 12.4 Å². The number of carbonyl (C=O) groups is 1. The van der Waals surface area contributed by atoms with Crippen LogP contribution in [0.2, 0.25) is 0 Å². The molecule has 0 bridgehead atoms. The number of hydrogen-bond donors (Lipinski definition) is 1. The summed E-state index contributed by atoms with van der Waals surface area (Å²) in [6, 6.07) is 20.4. The molecule has 3 aromatic carbocycles. The van der Waals surface area contributed by atoms with Crippen LogP contribution in [-0.4, -0.2) is 18.0 Å². The van der Waals surface area contributed by atoms with E-state index in [4.69, 9.17) is 13.9 Å². The number of nitrogens with one attached hydrogen (secondary N) is 1. The molecule has 152 valence electrons. The van der Waals surface area contributed by atoms with Crippen molar-refractivity contribution in [3.05, 3.63) is 83.7 Å². The summed E-state index contributed by atoms with van der Waals surface area (Å²) >= 11 is 0. The Morgan fingerprint density at radius 2 is 1.87 bits per heavy atom. The van der Waals surface area contributed by atoms with Gasteiger partial charge in [0, 0.05) is 17.7 Å². The van der Waals surface area contributed by atoms with E-state index in [-0.39, 0.29) is 5.91 Å². The standard InChI is InChI=1S/C24H22N2O4/c1-3-23-26-19-14-18(10-12-20(19)30-23)25-24(27)17-9-11-21(22(13-17)28-2)29-15-16-7-5-4-6-8-16/h4-14H,3,15H2,1-2H3,(H,25,27). The molecule has 30 heavy (non-hydrogen) atoms. The maximum absolute atomic E-state index is 12.7. The van der Waals surface area contributed by atoms with Gasteiger partial charge in [-0.3, -0.25) is 4.79 Å². The number of anilines is 1. The van der Waals surface area contributed by atoms with E-state index >= 15 is 0 Å². The smallest absolute Gasteiger partial charge is 0.255 e. The van der Waals surface area contributed by atoms with Crippen LogP contribution in [0.5, 0.6) is 11.5 Å². The van der Waals surface area contributed by atoms with Gasteiger partial charge in [-0.15, -0.1) is 0 Å². The Morgan fingerprint density at radius 1 is 1.03 bits per heavy atom. The van der Waals surface area contributed by atoms with Gasteiger partial charge in [-0.2, -0.15) is 0 Å². The van der Waals surface area contributed by atoms with Gasteiger partial charge < -0.3 is 19.2 Å². The molecule has 0 aliphatic rings. The number of fused-ring (bicyclic) bond motifs is 1. The maximum atomic E-state index is 12.7. The molecule has 0 radical (unpaired) electrons. The topological polar surface area (TPSA) is 73.6 Å². The predicted octanol–water partition coefficient (Wildman–Crippen LogP) is 5.23. The van der Waals surface area contributed by atoms with Crippen molar-refractivity contribution in [2.45, 2.75) is 20.0 Å². The first kappa shape index (κ1) is 19.5. The molecule has 0 aliphatic carbocycles. The fraction of sp³-hybridized carbons (Fsp3) is 0.167. The molecule has 0 spiro atoms. The molecule has 1 amide bonds. The van der Waals surface area contributed by atoms with Crippen LogP contribution in [0.15, 0.2) is 71.1 Å². The van der Waals surface area contributed by atoms with E-state index in [0.717, 1.165) is 12.0 Å². The number of amides is 1. The van der Waals surface area contributed by atoms with Crippen LogP contribution in [0.3, 0.4) is 0 Å². The first-order chi connectivity index (χ1) is 14.7. The second kappa shape index (κ2) is 8.69. The average molecular weight is 402 g/mol. The summed E-state index contributed by atoms with van der Waals surface area (Å²) in [7, 11) is 1.55. The molecule has 6 nitrogen and oxygen atoms in total. The van der Waals surface area contributed by atoms with E-state index in [1.807, 2.05) is 37.3 Å². The lowest BCUT2D eigenvalue weighted by molar-refractivity contribution is 0.102. The van der Waals surface area contributed by atoms with E-state index in [2.05, 4.69) is 10.3 Å². The van der Waals surface area contributed by atoms with Crippen molar-refractivity contribution in [3.8, 4) is 11.5 Å². The predicted molar refractivity (Wildman–Crippen MR) is 115 cm³/mol. The third-order valence-electron chi connectivity index (χ3n) is 4.66. The van der Waals surface area contributed by atoms with Gasteiger partial charge in [0.25, 0.3) is 5.91 Å². The van der Waals surface area contributed by atoms with E-state index in [0.29, 0.717) is 46.3 Å². The van der Waals surface area contributed by atoms with Crippen LogP contribution in [0.4, 0.5) is 5.69 Å². The third kappa shape index (κ3) is 4.27. The van der Waals surface area contributed by atoms with Gasteiger partial charge in [0.1, 0.15) is 12.1 Å². The minimum Gasteiger partial charge on any atom is -0.493 e. The first-order valence-electron chi connectivity index (χ1n) is 9.72. The highest BCUT2D eigenvalue weighted by molar-refractivity contribution is 6.05. The molecule has 0 atom stereocenters. The molecule has 1 aromatic heterocycles. The van der Waals surface area contributed by atoms with Crippen molar-refractivity contribution in [2.24, 2.45) is 0 Å². The fourth-order valence-electron chi connectivity index (χ4n) is 3.07. The summed E-state index contributed by atoms with van der Waals surface area (Å²) in [6.45, 7) is 2.40. The molecule has 6 heteroatoms. The third-order valence-corrected chi connectivity index (χ3v) is 4.66. The highest BCUT2D eigenvalue weighted by Crippen LogP contribution is 2.29. The van der Waals surface area contributed by atoms with Crippen molar-refractivity contribution in [1.29, 1.82) is 0 Å². The van der Waals surface area contributed by atoms with Gasteiger partial charge in [-0.1, -0.05) is 37.3 Å². The van der Waals surface area contributed by atoms with Crippen LogP contribution in [0.25, 0.3) is 11.1 Å². The zero-order chi connectivity index (χ0) is 20.9. The van der Waals surface area contributed by atoms with Crippen molar-refractivity contribution >= 4 is 22.7 Å². The molecule has 0 unspecified atom stereocenters. The van der Waals surface area contributed by atoms with Crippen LogP contribution in [0.1, 0.15) is 28.7 Å². The number of methoxy groups -OCH3 is 1. The number of nitrogens with zero attached hydrogens (tertiary/aromatic N) is 1. The molecule has 1 N–H and O–H groups in total. The van der Waals surface area contributed by atoms with Crippen LogP contribution < -0.4 is 14.8 Å². The Labute approximate surface area is 174 Å². The SMILES string of the molecule is CCc1nc2cc(NC(=O)c3ccc(OCc4ccccc4)c(OC)c3)ccc2o1. The number of oxazole rings is 1. The van der Waals surface area contributed by atoms with Gasteiger partial charge in [0.05, 0.1) is 7.11 Å². The van der Waals surface area contributed by atoms with Gasteiger partial charge in [0.15, 0.2) is 23.0 Å². The lowest BCUT2D eigenvalue weighted by Gasteiger charge is -2.12. The lowest BCUT2D eigenvalue weighted by atomic mass is 10.1. The van der Waals surface area contributed by atoms with E-state index < -0.39 is 0 Å². The Hall–Kier alpha value is -3.80. The first-order valence-corrected chi connectivity index (χ1v) is 9.72. The molecular formula is C24H22N2O4. The van der Waals surface area contributed by atoms with Crippen molar-refractivity contribution < 1.29 is 18.7 Å². The normalized spacial score (nSPS) is 10.7. The number of carbonyl (C=O) groups excluding carboxylic acids is 1. The summed E-state index contributed by atoms with van der Waals surface area (Å²) in [4.78, 5) is 17.1. The number of rotatable bonds is 7. The molecule has 0 fully saturated rings. The van der Waals surface area contributed by atoms with Gasteiger partial charge in [0.2, 0.25) is 0 Å². The molecule has 0 saturated heterocycles. The molecule has 0 aliphatic heterocycles. The van der Waals surface area contributed by atoms with Gasteiger partial charge in [-0.05, 0) is 42.0 Å². The second-order valence-corrected chi connectivity index (χ2v) is 6.74. The Balaban J connectivity index is 1.48. The number of aromatic nitrogens is 1. The van der Waals surface area contributed by atoms with Gasteiger partial charge >= 0.3 is 0 Å². The summed E-state index contributed by atoms with van der Waals surface area (Å²) in [6.07, 6.45) is 0.717. The lowest BCUT2D eigenvalue weighted by Crippen LogP contribution is -2.12. The summed E-state index contributed by atoms with van der Waals surface area (Å²) in [5, 5.41) is 2.89. The Bertz CT molecular complexity index is 1170. The van der Waals surface area contributed by atoms with Crippen LogP contribution in [-0.2, 0) is 13.0 Å². The summed E-state index contributed by atoms with van der Waals surface area (Å²) in [5.41, 5.74) is 3.58. The minimum absolute atomic E-state index is 0.249. The molecule has 4 rings (SSSR count). The number of aryl methyl sites for hydroxylation is 1. The van der Waals surface area contributed by atoms with E-state index in [1.54, 1.807) is 43.5 Å². The molecule has 0 saturated carbocycles. The zero-order valence-corrected chi connectivity index (χ0v) is 16.8. The monoisotopic (exact) mass is 402 g/mol. The van der Waals surface area contributed by atoms with Crippen LogP contribution in [0, 0.1) is 0 Å². The Kier molecular flexibility index (Phi) is 5.66. The Morgan fingerprint density at radius 3 is 2.63 bits per heavy atom. The fourth-order valence-corrected chi connectivity index (χ4v) is 3.07. The zero-order valence-electron chi connectivity index (χ0n) is 16.8. The second-order valence-electron chi connectivity index (χ2n) is 6.74. The maximum Gasteiger partial charge on any atom is 0.255 e. The largest absolute Gasteiger partial charge is 0.493 e. The highest BCUT2D eigenvalue weighted by atomic mass is 16.5. The minimum atomic E-state index is -0.249. The number of hydrogen-bond acceptors (Lipinski definition) is 5. The van der Waals surface area contributed by atoms with Gasteiger partial charge in [-0.25, -0.2) is 4.98 Å². The summed E-state index contributed by atoms with van der Waals surface area (Å²) < 4.78 is 16.9. The quantitative estimate of drug-likeness (QED) is 0.458. The number of benzene rings is 3. The highest BCUT2D eigenvalue weighted by Gasteiger charge is 2.13. The number of ether oxygens (including phenoxy) is 2. The molecule has 1 heterocycles. The van der Waals surface area contributed by atoms with E-state index in [1.165, 1.54) is 0 Å². The van der Waals surface area contributed by atoms with Crippen molar-refractivity contribution in [1.82, 2.24) is 4.98 Å². The average Bonchev–Trinajstić information content (AvgIpc) is 3.20. The van der Waals surface area contributed by atoms with E-state index in [9.17, 15) is 4.79 Å². The summed E-state index contributed by atoms with van der Waals surface area (Å²) in [5.74, 6) is 1.50. The molecular weight excluding hydrogens is 380 g/mol. The van der Waals surface area contributed by atoms with Crippen molar-refractivity contribution in [3.63, 3.8) is 0 Å². The molecule has 4 aromatic rings.